The van der Waals surface area contributed by atoms with E-state index in [9.17, 15) is 35.4 Å². The first-order valence-corrected chi connectivity index (χ1v) is 6.84. The zero-order valence-electron chi connectivity index (χ0n) is 12.0. The molecule has 0 spiro atoms. The number of hydrogen-bond donors (Lipinski definition) is 8. The Balaban J connectivity index is 2.91. The summed E-state index contributed by atoms with van der Waals surface area (Å²) in [4.78, 5) is 10.5. The number of aliphatic hydroxyl groups excluding tert-OH is 8. The highest BCUT2D eigenvalue weighted by Crippen LogP contribution is 2.24. The SMILES string of the molecule is O=CC(O)C(O)C(O[C@H]1O[C@H](CO)[C@@H](O)[C@H](O)[C@H]1O)C(O)CO. The zero-order valence-corrected chi connectivity index (χ0v) is 12.0. The van der Waals surface area contributed by atoms with Crippen molar-refractivity contribution < 1.29 is 55.1 Å². The minimum Gasteiger partial charge on any atom is -0.394 e. The van der Waals surface area contributed by atoms with Crippen LogP contribution in [0.5, 0.6) is 0 Å². The third-order valence-corrected chi connectivity index (χ3v) is 3.53. The smallest absolute Gasteiger partial charge is 0.187 e. The van der Waals surface area contributed by atoms with Crippen LogP contribution in [-0.4, -0.2) is 115 Å². The minimum atomic E-state index is -1.97. The van der Waals surface area contributed by atoms with Crippen molar-refractivity contribution in [2.75, 3.05) is 13.2 Å². The summed E-state index contributed by atoms with van der Waals surface area (Å²) in [5, 5.41) is 75.7. The van der Waals surface area contributed by atoms with Gasteiger partial charge >= 0.3 is 0 Å². The molecular weight excluding hydrogens is 320 g/mol. The van der Waals surface area contributed by atoms with Crippen LogP contribution in [0.4, 0.5) is 0 Å². The van der Waals surface area contributed by atoms with E-state index >= 15 is 0 Å². The Hall–Kier alpha value is -0.730. The molecule has 1 aliphatic rings. The summed E-state index contributed by atoms with van der Waals surface area (Å²) in [6, 6.07) is 0. The van der Waals surface area contributed by atoms with Gasteiger partial charge in [0.1, 0.15) is 48.8 Å². The average molecular weight is 342 g/mol. The molecule has 11 nitrogen and oxygen atoms in total. The van der Waals surface area contributed by atoms with Gasteiger partial charge in [0, 0.05) is 0 Å². The monoisotopic (exact) mass is 342 g/mol. The summed E-state index contributed by atoms with van der Waals surface area (Å²) < 4.78 is 10.1. The van der Waals surface area contributed by atoms with Gasteiger partial charge in [0.15, 0.2) is 12.6 Å². The topological polar surface area (TPSA) is 197 Å². The number of carbonyl (C=O) groups excluding carboxylic acids is 1. The molecule has 1 aliphatic heterocycles. The number of aldehydes is 1. The van der Waals surface area contributed by atoms with Gasteiger partial charge in [0.2, 0.25) is 0 Å². The maximum Gasteiger partial charge on any atom is 0.187 e. The molecule has 1 heterocycles. The Kier molecular flexibility index (Phi) is 7.89. The molecule has 1 fully saturated rings. The first-order valence-electron chi connectivity index (χ1n) is 6.84. The van der Waals surface area contributed by atoms with Gasteiger partial charge in [0.25, 0.3) is 0 Å². The second-order valence-corrected chi connectivity index (χ2v) is 5.17. The lowest BCUT2D eigenvalue weighted by molar-refractivity contribution is -0.326. The van der Waals surface area contributed by atoms with Gasteiger partial charge in [-0.2, -0.15) is 0 Å². The maximum atomic E-state index is 10.5. The van der Waals surface area contributed by atoms with Crippen LogP contribution in [0.15, 0.2) is 0 Å². The van der Waals surface area contributed by atoms with Crippen molar-refractivity contribution in [3.05, 3.63) is 0 Å². The average Bonchev–Trinajstić information content (AvgIpc) is 2.57. The summed E-state index contributed by atoms with van der Waals surface area (Å²) in [5.41, 5.74) is 0. The first-order chi connectivity index (χ1) is 10.8. The third kappa shape index (κ3) is 4.64. The summed E-state index contributed by atoms with van der Waals surface area (Å²) in [6.45, 7) is -1.64. The van der Waals surface area contributed by atoms with Gasteiger partial charge < -0.3 is 55.1 Å². The van der Waals surface area contributed by atoms with E-state index in [-0.39, 0.29) is 6.29 Å². The van der Waals surface area contributed by atoms with Gasteiger partial charge in [-0.1, -0.05) is 0 Å². The van der Waals surface area contributed by atoms with Crippen LogP contribution in [0.25, 0.3) is 0 Å². The molecule has 0 aromatic rings. The Morgan fingerprint density at radius 3 is 2.13 bits per heavy atom. The predicted octanol–water partition coefficient (Wildman–Crippen LogP) is -5.55. The molecule has 11 heteroatoms. The maximum absolute atomic E-state index is 10.5. The number of ether oxygens (including phenoxy) is 2. The van der Waals surface area contributed by atoms with Crippen LogP contribution < -0.4 is 0 Å². The molecule has 0 amide bonds. The van der Waals surface area contributed by atoms with Gasteiger partial charge in [0.05, 0.1) is 13.2 Å². The fourth-order valence-electron chi connectivity index (χ4n) is 2.11. The summed E-state index contributed by atoms with van der Waals surface area (Å²) in [6.07, 6.45) is -15.7. The highest BCUT2D eigenvalue weighted by Gasteiger charge is 2.46. The van der Waals surface area contributed by atoms with Gasteiger partial charge in [-0.3, -0.25) is 0 Å². The van der Waals surface area contributed by atoms with Crippen molar-refractivity contribution in [2.24, 2.45) is 0 Å². The second kappa shape index (κ2) is 8.94. The number of hydrogen-bond acceptors (Lipinski definition) is 11. The lowest BCUT2D eigenvalue weighted by atomic mass is 9.98. The van der Waals surface area contributed by atoms with E-state index in [1.807, 2.05) is 0 Å². The molecule has 0 aromatic carbocycles. The largest absolute Gasteiger partial charge is 0.394 e. The van der Waals surface area contributed by atoms with E-state index in [4.69, 9.17) is 19.7 Å². The lowest BCUT2D eigenvalue weighted by Gasteiger charge is -2.42. The number of rotatable bonds is 8. The highest BCUT2D eigenvalue weighted by molar-refractivity contribution is 5.56. The van der Waals surface area contributed by atoms with Crippen molar-refractivity contribution in [1.82, 2.24) is 0 Å². The molecule has 0 aliphatic carbocycles. The Bertz CT molecular complexity index is 365. The third-order valence-electron chi connectivity index (χ3n) is 3.53. The van der Waals surface area contributed by atoms with E-state index in [2.05, 4.69) is 0 Å². The second-order valence-electron chi connectivity index (χ2n) is 5.17. The number of carbonyl (C=O) groups is 1. The van der Waals surface area contributed by atoms with Crippen molar-refractivity contribution in [1.29, 1.82) is 0 Å². The normalized spacial score (nSPS) is 37.0. The van der Waals surface area contributed by atoms with Crippen LogP contribution in [-0.2, 0) is 14.3 Å². The summed E-state index contributed by atoms with van der Waals surface area (Å²) >= 11 is 0. The Morgan fingerprint density at radius 1 is 1.04 bits per heavy atom. The van der Waals surface area contributed by atoms with Crippen LogP contribution in [0, 0.1) is 0 Å². The summed E-state index contributed by atoms with van der Waals surface area (Å²) in [7, 11) is 0. The quantitative estimate of drug-likeness (QED) is 0.196. The molecular formula is C12H22O11. The van der Waals surface area contributed by atoms with Crippen molar-refractivity contribution in [3.63, 3.8) is 0 Å². The molecule has 9 atom stereocenters. The molecule has 8 N–H and O–H groups in total. The van der Waals surface area contributed by atoms with E-state index in [0.29, 0.717) is 0 Å². The van der Waals surface area contributed by atoms with Crippen molar-refractivity contribution >= 4 is 6.29 Å². The standard InChI is InChI=1S/C12H22O11/c13-1-4(16)7(18)11(5(17)2-14)23-12-10(21)9(20)8(19)6(3-15)22-12/h1,4-12,14-21H,2-3H2/t4?,5?,6-,7?,8-,9+,10-,11?,12-/m1/s1. The molecule has 4 unspecified atom stereocenters. The highest BCUT2D eigenvalue weighted by atomic mass is 16.7. The van der Waals surface area contributed by atoms with E-state index < -0.39 is 68.3 Å². The van der Waals surface area contributed by atoms with E-state index in [1.54, 1.807) is 0 Å². The van der Waals surface area contributed by atoms with Crippen LogP contribution in [0.3, 0.4) is 0 Å². The summed E-state index contributed by atoms with van der Waals surface area (Å²) in [5.74, 6) is 0. The molecule has 136 valence electrons. The number of aliphatic hydroxyl groups is 8. The van der Waals surface area contributed by atoms with Crippen LogP contribution >= 0.6 is 0 Å². The fraction of sp³-hybridized carbons (Fsp3) is 0.917. The Morgan fingerprint density at radius 2 is 1.65 bits per heavy atom. The van der Waals surface area contributed by atoms with Crippen LogP contribution in [0.1, 0.15) is 0 Å². The predicted molar refractivity (Wildman–Crippen MR) is 69.8 cm³/mol. The van der Waals surface area contributed by atoms with Crippen molar-refractivity contribution in [3.8, 4) is 0 Å². The van der Waals surface area contributed by atoms with Gasteiger partial charge in [-0.15, -0.1) is 0 Å². The zero-order chi connectivity index (χ0) is 17.7. The van der Waals surface area contributed by atoms with E-state index in [0.717, 1.165) is 0 Å². The molecule has 0 radical (unpaired) electrons. The molecule has 0 bridgehead atoms. The minimum absolute atomic E-state index is 0.0294. The fourth-order valence-corrected chi connectivity index (χ4v) is 2.11. The molecule has 0 saturated carbocycles. The van der Waals surface area contributed by atoms with Gasteiger partial charge in [-0.25, -0.2) is 0 Å². The van der Waals surface area contributed by atoms with Crippen LogP contribution in [0.2, 0.25) is 0 Å². The molecule has 1 saturated heterocycles. The van der Waals surface area contributed by atoms with Gasteiger partial charge in [-0.05, 0) is 0 Å². The lowest BCUT2D eigenvalue weighted by Crippen LogP contribution is -2.61. The molecule has 23 heavy (non-hydrogen) atoms. The molecule has 1 rings (SSSR count). The first kappa shape index (κ1) is 20.3. The molecule has 0 aromatic heterocycles. The van der Waals surface area contributed by atoms with Crippen molar-refractivity contribution in [2.45, 2.75) is 55.1 Å². The Labute approximate surface area is 130 Å². The van der Waals surface area contributed by atoms with E-state index in [1.165, 1.54) is 0 Å².